The second-order valence-corrected chi connectivity index (χ2v) is 5.63. The van der Waals surface area contributed by atoms with E-state index in [1.807, 2.05) is 0 Å². The molecule has 1 N–H and O–H groups in total. The smallest absolute Gasteiger partial charge is 0.0971 e. The van der Waals surface area contributed by atoms with Gasteiger partial charge in [-0.2, -0.15) is 0 Å². The van der Waals surface area contributed by atoms with Crippen molar-refractivity contribution in [2.24, 2.45) is 0 Å². The molecule has 0 radical (unpaired) electrons. The summed E-state index contributed by atoms with van der Waals surface area (Å²) < 4.78 is 11.0. The largest absolute Gasteiger partial charge is 0.377 e. The topological polar surface area (TPSA) is 33.7 Å². The fourth-order valence-electron chi connectivity index (χ4n) is 2.86. The maximum Gasteiger partial charge on any atom is 0.0971 e. The van der Waals surface area contributed by atoms with Gasteiger partial charge in [0.25, 0.3) is 0 Å². The molecule has 4 nitrogen and oxygen atoms in total. The van der Waals surface area contributed by atoms with E-state index in [2.05, 4.69) is 17.1 Å². The molecule has 0 aromatic carbocycles. The van der Waals surface area contributed by atoms with Crippen LogP contribution >= 0.6 is 0 Å². The highest BCUT2D eigenvalue weighted by Gasteiger charge is 2.36. The molecule has 106 valence electrons. The standard InChI is InChI=1S/C14H28N2O2/c1-4-5-12(8-15-11-6-7-11)16-9-13(17-2)14(10-16)18-3/h11-15H,4-10H2,1-3H3. The van der Waals surface area contributed by atoms with Crippen molar-refractivity contribution in [2.75, 3.05) is 33.9 Å². The Morgan fingerprint density at radius 2 is 1.78 bits per heavy atom. The summed E-state index contributed by atoms with van der Waals surface area (Å²) in [6.45, 7) is 5.39. The summed E-state index contributed by atoms with van der Waals surface area (Å²) in [4.78, 5) is 2.54. The molecule has 3 atom stereocenters. The average molecular weight is 256 g/mol. The van der Waals surface area contributed by atoms with E-state index in [0.717, 1.165) is 25.7 Å². The highest BCUT2D eigenvalue weighted by molar-refractivity contribution is 4.91. The molecule has 2 fully saturated rings. The minimum atomic E-state index is 0.232. The van der Waals surface area contributed by atoms with Gasteiger partial charge >= 0.3 is 0 Å². The van der Waals surface area contributed by atoms with Crippen LogP contribution in [0.1, 0.15) is 32.6 Å². The molecule has 2 aliphatic rings. The summed E-state index contributed by atoms with van der Waals surface area (Å²) in [6.07, 6.45) is 5.68. The maximum atomic E-state index is 5.52. The van der Waals surface area contributed by atoms with Crippen LogP contribution in [0.3, 0.4) is 0 Å². The maximum absolute atomic E-state index is 5.52. The molecule has 0 spiro atoms. The van der Waals surface area contributed by atoms with Crippen LogP contribution in [-0.4, -0.2) is 63.0 Å². The van der Waals surface area contributed by atoms with Gasteiger partial charge in [-0.05, 0) is 19.3 Å². The molecular formula is C14H28N2O2. The minimum absolute atomic E-state index is 0.232. The minimum Gasteiger partial charge on any atom is -0.377 e. The first kappa shape index (κ1) is 14.3. The third-order valence-electron chi connectivity index (χ3n) is 4.21. The first-order valence-corrected chi connectivity index (χ1v) is 7.31. The molecule has 0 bridgehead atoms. The van der Waals surface area contributed by atoms with E-state index in [-0.39, 0.29) is 12.2 Å². The summed E-state index contributed by atoms with van der Waals surface area (Å²) in [5.41, 5.74) is 0. The predicted octanol–water partition coefficient (Wildman–Crippen LogP) is 1.25. The zero-order chi connectivity index (χ0) is 13.0. The van der Waals surface area contributed by atoms with E-state index in [1.54, 1.807) is 14.2 Å². The molecule has 2 rings (SSSR count). The van der Waals surface area contributed by atoms with Crippen LogP contribution < -0.4 is 5.32 Å². The predicted molar refractivity (Wildman–Crippen MR) is 72.9 cm³/mol. The molecular weight excluding hydrogens is 228 g/mol. The van der Waals surface area contributed by atoms with Gasteiger partial charge in [0.2, 0.25) is 0 Å². The Kier molecular flexibility index (Phi) is 5.42. The van der Waals surface area contributed by atoms with Crippen molar-refractivity contribution >= 4 is 0 Å². The lowest BCUT2D eigenvalue weighted by molar-refractivity contribution is -0.00461. The van der Waals surface area contributed by atoms with Crippen molar-refractivity contribution in [1.29, 1.82) is 0 Å². The SMILES string of the molecule is CCCC(CNC1CC1)N1CC(OC)C(OC)C1. The Balaban J connectivity index is 1.84. The van der Waals surface area contributed by atoms with Gasteiger partial charge in [0.05, 0.1) is 12.2 Å². The summed E-state index contributed by atoms with van der Waals surface area (Å²) in [5, 5.41) is 3.66. The van der Waals surface area contributed by atoms with Crippen LogP contribution in [0.5, 0.6) is 0 Å². The van der Waals surface area contributed by atoms with Crippen molar-refractivity contribution in [3.8, 4) is 0 Å². The van der Waals surface area contributed by atoms with Crippen molar-refractivity contribution in [1.82, 2.24) is 10.2 Å². The molecule has 0 amide bonds. The number of methoxy groups -OCH3 is 2. The molecule has 1 heterocycles. The molecule has 1 aliphatic carbocycles. The van der Waals surface area contributed by atoms with E-state index in [4.69, 9.17) is 9.47 Å². The normalized spacial score (nSPS) is 30.8. The fraction of sp³-hybridized carbons (Fsp3) is 1.00. The van der Waals surface area contributed by atoms with Crippen LogP contribution in [0.4, 0.5) is 0 Å². The Bertz CT molecular complexity index is 234. The lowest BCUT2D eigenvalue weighted by atomic mass is 10.1. The first-order chi connectivity index (χ1) is 8.78. The van der Waals surface area contributed by atoms with Gasteiger partial charge in [0.15, 0.2) is 0 Å². The van der Waals surface area contributed by atoms with Gasteiger partial charge in [-0.15, -0.1) is 0 Å². The van der Waals surface area contributed by atoms with Crippen molar-refractivity contribution < 1.29 is 9.47 Å². The van der Waals surface area contributed by atoms with Crippen molar-refractivity contribution in [3.05, 3.63) is 0 Å². The first-order valence-electron chi connectivity index (χ1n) is 7.31. The lowest BCUT2D eigenvalue weighted by Crippen LogP contribution is -2.42. The summed E-state index contributed by atoms with van der Waals surface area (Å²) >= 11 is 0. The second-order valence-electron chi connectivity index (χ2n) is 5.63. The van der Waals surface area contributed by atoms with Crippen LogP contribution in [0, 0.1) is 0 Å². The molecule has 1 saturated heterocycles. The van der Waals surface area contributed by atoms with Crippen LogP contribution in [-0.2, 0) is 9.47 Å². The third kappa shape index (κ3) is 3.67. The van der Waals surface area contributed by atoms with E-state index in [9.17, 15) is 0 Å². The number of hydrogen-bond donors (Lipinski definition) is 1. The monoisotopic (exact) mass is 256 g/mol. The number of likely N-dealkylation sites (tertiary alicyclic amines) is 1. The molecule has 1 aliphatic heterocycles. The Hall–Kier alpha value is -0.160. The number of nitrogens with one attached hydrogen (secondary N) is 1. The Morgan fingerprint density at radius 1 is 1.17 bits per heavy atom. The third-order valence-corrected chi connectivity index (χ3v) is 4.21. The van der Waals surface area contributed by atoms with Gasteiger partial charge in [-0.1, -0.05) is 13.3 Å². The van der Waals surface area contributed by atoms with Gasteiger partial charge < -0.3 is 14.8 Å². The van der Waals surface area contributed by atoms with Crippen LogP contribution in [0.2, 0.25) is 0 Å². The summed E-state index contributed by atoms with van der Waals surface area (Å²) in [6, 6.07) is 1.43. The Morgan fingerprint density at radius 3 is 2.22 bits per heavy atom. The molecule has 0 aromatic rings. The van der Waals surface area contributed by atoms with E-state index < -0.39 is 0 Å². The highest BCUT2D eigenvalue weighted by Crippen LogP contribution is 2.22. The molecule has 18 heavy (non-hydrogen) atoms. The van der Waals surface area contributed by atoms with Crippen molar-refractivity contribution in [3.63, 3.8) is 0 Å². The molecule has 4 heteroatoms. The second kappa shape index (κ2) is 6.85. The molecule has 0 aromatic heterocycles. The highest BCUT2D eigenvalue weighted by atomic mass is 16.5. The number of ether oxygens (including phenoxy) is 2. The van der Waals surface area contributed by atoms with E-state index >= 15 is 0 Å². The quantitative estimate of drug-likeness (QED) is 0.709. The zero-order valence-corrected chi connectivity index (χ0v) is 12.0. The van der Waals surface area contributed by atoms with E-state index in [0.29, 0.717) is 6.04 Å². The van der Waals surface area contributed by atoms with E-state index in [1.165, 1.54) is 25.7 Å². The lowest BCUT2D eigenvalue weighted by Gasteiger charge is -2.27. The number of rotatable bonds is 8. The summed E-state index contributed by atoms with van der Waals surface area (Å²) in [5.74, 6) is 0. The molecule has 1 saturated carbocycles. The van der Waals surface area contributed by atoms with Gasteiger partial charge in [-0.3, -0.25) is 4.90 Å². The summed E-state index contributed by atoms with van der Waals surface area (Å²) in [7, 11) is 3.58. The zero-order valence-electron chi connectivity index (χ0n) is 12.0. The van der Waals surface area contributed by atoms with Gasteiger partial charge in [-0.25, -0.2) is 0 Å². The van der Waals surface area contributed by atoms with Crippen molar-refractivity contribution in [2.45, 2.75) is 56.9 Å². The van der Waals surface area contributed by atoms with Crippen LogP contribution in [0.15, 0.2) is 0 Å². The van der Waals surface area contributed by atoms with Gasteiger partial charge in [0, 0.05) is 45.9 Å². The van der Waals surface area contributed by atoms with Gasteiger partial charge in [0.1, 0.15) is 0 Å². The molecule has 3 unspecified atom stereocenters. The fourth-order valence-corrected chi connectivity index (χ4v) is 2.86. The average Bonchev–Trinajstić information content (AvgIpc) is 3.12. The Labute approximate surface area is 111 Å². The van der Waals surface area contributed by atoms with Crippen LogP contribution in [0.25, 0.3) is 0 Å². The number of nitrogens with zero attached hydrogens (tertiary/aromatic N) is 1. The number of hydrogen-bond acceptors (Lipinski definition) is 4.